The molecule has 0 saturated heterocycles. The summed E-state index contributed by atoms with van der Waals surface area (Å²) in [7, 11) is 0. The summed E-state index contributed by atoms with van der Waals surface area (Å²) in [6, 6.07) is 2.48. The van der Waals surface area contributed by atoms with Gasteiger partial charge < -0.3 is 10.2 Å². The van der Waals surface area contributed by atoms with Gasteiger partial charge in [0, 0.05) is 0 Å². The van der Waals surface area contributed by atoms with Gasteiger partial charge in [-0.25, -0.2) is 0 Å². The quantitative estimate of drug-likeness (QED) is 0.797. The molecule has 0 aliphatic heterocycles. The van der Waals surface area contributed by atoms with Crippen molar-refractivity contribution in [1.29, 1.82) is 0 Å². The van der Waals surface area contributed by atoms with Crippen LogP contribution >= 0.6 is 0 Å². The van der Waals surface area contributed by atoms with E-state index in [9.17, 15) is 23.4 Å². The van der Waals surface area contributed by atoms with Crippen LogP contribution < -0.4 is 0 Å². The first-order chi connectivity index (χ1) is 9.15. The number of phenols is 1. The summed E-state index contributed by atoms with van der Waals surface area (Å²) in [5.41, 5.74) is -0.520. The van der Waals surface area contributed by atoms with E-state index in [4.69, 9.17) is 0 Å². The minimum Gasteiger partial charge on any atom is -0.507 e. The van der Waals surface area contributed by atoms with Crippen molar-refractivity contribution in [3.8, 4) is 5.75 Å². The average molecular weight is 304 g/mol. The predicted molar refractivity (Wildman–Crippen MR) is 76.5 cm³/mol. The van der Waals surface area contributed by atoms with E-state index in [1.807, 2.05) is 0 Å². The summed E-state index contributed by atoms with van der Waals surface area (Å²) in [5, 5.41) is 19.9. The highest BCUT2D eigenvalue weighted by molar-refractivity contribution is 5.50. The predicted octanol–water partition coefficient (Wildman–Crippen LogP) is 4.58. The fraction of sp³-hybridized carbons (Fsp3) is 0.625. The Bertz CT molecular complexity index is 485. The molecule has 2 N–H and O–H groups in total. The molecule has 0 spiro atoms. The summed E-state index contributed by atoms with van der Waals surface area (Å²) >= 11 is 0. The third-order valence-corrected chi connectivity index (χ3v) is 3.37. The lowest BCUT2D eigenvalue weighted by Gasteiger charge is -2.29. The van der Waals surface area contributed by atoms with Crippen molar-refractivity contribution in [1.82, 2.24) is 0 Å². The number of rotatable bonds is 1. The number of hydrogen-bond donors (Lipinski definition) is 2. The second-order valence-corrected chi connectivity index (χ2v) is 7.41. The van der Waals surface area contributed by atoms with Gasteiger partial charge in [-0.3, -0.25) is 0 Å². The summed E-state index contributed by atoms with van der Waals surface area (Å²) in [6.45, 7) is 10.8. The zero-order chi connectivity index (χ0) is 16.8. The number of halogens is 3. The highest BCUT2D eigenvalue weighted by atomic mass is 19.4. The molecular weight excluding hydrogens is 281 g/mol. The Kier molecular flexibility index (Phi) is 4.41. The van der Waals surface area contributed by atoms with Crippen molar-refractivity contribution in [2.24, 2.45) is 0 Å². The molecule has 21 heavy (non-hydrogen) atoms. The van der Waals surface area contributed by atoms with Crippen LogP contribution in [0.15, 0.2) is 12.1 Å². The van der Waals surface area contributed by atoms with Crippen molar-refractivity contribution >= 4 is 0 Å². The van der Waals surface area contributed by atoms with Crippen molar-refractivity contribution in [3.63, 3.8) is 0 Å². The van der Waals surface area contributed by atoms with Crippen LogP contribution in [-0.2, 0) is 10.8 Å². The summed E-state index contributed by atoms with van der Waals surface area (Å²) in [5.74, 6) is -0.00637. The van der Waals surface area contributed by atoms with Crippen LogP contribution in [0.25, 0.3) is 0 Å². The summed E-state index contributed by atoms with van der Waals surface area (Å²) in [4.78, 5) is 0. The molecule has 0 heterocycles. The van der Waals surface area contributed by atoms with E-state index in [1.165, 1.54) is 12.1 Å². The Morgan fingerprint density at radius 3 is 1.43 bits per heavy atom. The largest absolute Gasteiger partial charge is 0.507 e. The van der Waals surface area contributed by atoms with Gasteiger partial charge in [0.15, 0.2) is 6.10 Å². The van der Waals surface area contributed by atoms with E-state index in [-0.39, 0.29) is 11.3 Å². The van der Waals surface area contributed by atoms with Crippen molar-refractivity contribution in [2.45, 2.75) is 64.7 Å². The van der Waals surface area contributed by atoms with Gasteiger partial charge in [0.25, 0.3) is 0 Å². The molecule has 0 bridgehead atoms. The Hall–Kier alpha value is -1.23. The van der Waals surface area contributed by atoms with E-state index < -0.39 is 23.1 Å². The van der Waals surface area contributed by atoms with E-state index in [0.717, 1.165) is 0 Å². The molecule has 1 aromatic carbocycles. The van der Waals surface area contributed by atoms with E-state index in [2.05, 4.69) is 0 Å². The van der Waals surface area contributed by atoms with Crippen LogP contribution in [0.2, 0.25) is 0 Å². The zero-order valence-corrected chi connectivity index (χ0v) is 13.3. The maximum atomic E-state index is 12.8. The molecule has 2 nitrogen and oxygen atoms in total. The number of benzene rings is 1. The molecular formula is C16H23F3O2. The first-order valence-electron chi connectivity index (χ1n) is 6.78. The fourth-order valence-electron chi connectivity index (χ4n) is 2.15. The Labute approximate surface area is 123 Å². The molecule has 1 rings (SSSR count). The van der Waals surface area contributed by atoms with Gasteiger partial charge in [-0.05, 0) is 39.7 Å². The van der Waals surface area contributed by atoms with Crippen LogP contribution in [-0.4, -0.2) is 16.4 Å². The highest BCUT2D eigenvalue weighted by Gasteiger charge is 2.41. The van der Waals surface area contributed by atoms with Crippen molar-refractivity contribution in [3.05, 3.63) is 28.8 Å². The SMILES string of the molecule is CC(C)(C)c1cc(C(O)C(F)(F)F)cc(C(C)(C)C)c1O. The minimum absolute atomic E-state index is 0.00637. The number of phenolic OH excluding ortho intramolecular Hbond substituents is 1. The lowest BCUT2D eigenvalue weighted by molar-refractivity contribution is -0.206. The minimum atomic E-state index is -4.73. The maximum Gasteiger partial charge on any atom is 0.418 e. The molecule has 0 saturated carbocycles. The number of aromatic hydroxyl groups is 1. The molecule has 120 valence electrons. The van der Waals surface area contributed by atoms with Gasteiger partial charge in [-0.2, -0.15) is 13.2 Å². The second kappa shape index (κ2) is 5.20. The molecule has 0 amide bonds. The molecule has 1 aromatic rings. The highest BCUT2D eigenvalue weighted by Crippen LogP contribution is 2.43. The third-order valence-electron chi connectivity index (χ3n) is 3.37. The van der Waals surface area contributed by atoms with Crippen LogP contribution in [0.3, 0.4) is 0 Å². The third kappa shape index (κ3) is 3.90. The first kappa shape index (κ1) is 17.8. The Balaban J connectivity index is 3.63. The number of aliphatic hydroxyl groups excluding tert-OH is 1. The molecule has 1 unspecified atom stereocenters. The van der Waals surface area contributed by atoms with E-state index >= 15 is 0 Å². The Morgan fingerprint density at radius 2 is 1.19 bits per heavy atom. The van der Waals surface area contributed by atoms with E-state index in [1.54, 1.807) is 41.5 Å². The monoisotopic (exact) mass is 304 g/mol. The number of hydrogen-bond acceptors (Lipinski definition) is 2. The van der Waals surface area contributed by atoms with Crippen molar-refractivity contribution in [2.75, 3.05) is 0 Å². The zero-order valence-electron chi connectivity index (χ0n) is 13.3. The normalized spacial score (nSPS) is 15.1. The maximum absolute atomic E-state index is 12.8. The van der Waals surface area contributed by atoms with Crippen LogP contribution in [0, 0.1) is 0 Å². The molecule has 5 heteroatoms. The molecule has 0 aliphatic rings. The van der Waals surface area contributed by atoms with Gasteiger partial charge in [0.1, 0.15) is 5.75 Å². The summed E-state index contributed by atoms with van der Waals surface area (Å²) < 4.78 is 38.3. The molecule has 0 radical (unpaired) electrons. The first-order valence-corrected chi connectivity index (χ1v) is 6.78. The van der Waals surface area contributed by atoms with Gasteiger partial charge in [-0.1, -0.05) is 41.5 Å². The molecule has 0 aromatic heterocycles. The lowest BCUT2D eigenvalue weighted by atomic mass is 9.78. The number of aliphatic hydroxyl groups is 1. The van der Waals surface area contributed by atoms with Crippen LogP contribution in [0.4, 0.5) is 13.2 Å². The molecule has 1 atom stereocenters. The lowest BCUT2D eigenvalue weighted by Crippen LogP contribution is -2.23. The van der Waals surface area contributed by atoms with E-state index in [0.29, 0.717) is 11.1 Å². The number of alkyl halides is 3. The molecule has 0 fully saturated rings. The second-order valence-electron chi connectivity index (χ2n) is 7.41. The van der Waals surface area contributed by atoms with Gasteiger partial charge in [0.05, 0.1) is 0 Å². The van der Waals surface area contributed by atoms with Crippen LogP contribution in [0.1, 0.15) is 64.3 Å². The fourth-order valence-corrected chi connectivity index (χ4v) is 2.15. The average Bonchev–Trinajstić information content (AvgIpc) is 2.23. The van der Waals surface area contributed by atoms with Gasteiger partial charge in [-0.15, -0.1) is 0 Å². The topological polar surface area (TPSA) is 40.5 Å². The smallest absolute Gasteiger partial charge is 0.418 e. The summed E-state index contributed by atoms with van der Waals surface area (Å²) in [6.07, 6.45) is -7.29. The van der Waals surface area contributed by atoms with Gasteiger partial charge in [0.2, 0.25) is 0 Å². The Morgan fingerprint density at radius 1 is 0.857 bits per heavy atom. The van der Waals surface area contributed by atoms with Crippen LogP contribution in [0.5, 0.6) is 5.75 Å². The standard InChI is InChI=1S/C16H23F3O2/c1-14(2,3)10-7-9(13(21)16(17,18)19)8-11(12(10)20)15(4,5)6/h7-8,13,20-21H,1-6H3. The van der Waals surface area contributed by atoms with Gasteiger partial charge >= 0.3 is 6.18 Å². The van der Waals surface area contributed by atoms with Crippen molar-refractivity contribution < 1.29 is 23.4 Å². The molecule has 0 aliphatic carbocycles.